The van der Waals surface area contributed by atoms with Crippen LogP contribution < -0.4 is 11.5 Å². The Morgan fingerprint density at radius 2 is 2.04 bits per heavy atom. The second kappa shape index (κ2) is 6.99. The van der Waals surface area contributed by atoms with E-state index in [1.165, 1.54) is 16.9 Å². The number of anilines is 2. The van der Waals surface area contributed by atoms with Crippen LogP contribution in [-0.4, -0.2) is 39.0 Å². The van der Waals surface area contributed by atoms with Gasteiger partial charge in [-0.3, -0.25) is 0 Å². The van der Waals surface area contributed by atoms with Crippen molar-refractivity contribution in [1.29, 1.82) is 0 Å². The smallest absolute Gasteiger partial charge is 0.269 e. The van der Waals surface area contributed by atoms with Crippen LogP contribution in [0.1, 0.15) is 24.3 Å². The zero-order valence-corrected chi connectivity index (χ0v) is 15.9. The Hall–Kier alpha value is -1.94. The topological polar surface area (TPSA) is 120 Å². The van der Waals surface area contributed by atoms with Gasteiger partial charge in [0.15, 0.2) is 16.9 Å². The summed E-state index contributed by atoms with van der Waals surface area (Å²) in [6.07, 6.45) is 5.66. The summed E-state index contributed by atoms with van der Waals surface area (Å²) in [6.45, 7) is 0.490. The minimum Gasteiger partial charge on any atom is -0.393 e. The number of ether oxygens (including phenoxy) is 1. The van der Waals surface area contributed by atoms with Gasteiger partial charge in [-0.15, -0.1) is 0 Å². The van der Waals surface area contributed by atoms with Gasteiger partial charge in [0, 0.05) is 30.5 Å². The fourth-order valence-corrected chi connectivity index (χ4v) is 5.49. The Morgan fingerprint density at radius 1 is 1.31 bits per heavy atom. The predicted molar refractivity (Wildman–Crippen MR) is 106 cm³/mol. The van der Waals surface area contributed by atoms with Gasteiger partial charge in [0.2, 0.25) is 5.95 Å². The van der Waals surface area contributed by atoms with E-state index in [2.05, 4.69) is 16.0 Å². The molecule has 0 bridgehead atoms. The van der Waals surface area contributed by atoms with E-state index in [0.717, 1.165) is 38.5 Å². The number of nitrogens with zero attached hydrogens (tertiary/aromatic N) is 3. The van der Waals surface area contributed by atoms with Gasteiger partial charge in [0.1, 0.15) is 10.5 Å². The number of hydrogen-bond donors (Lipinski definition) is 3. The first-order valence-corrected chi connectivity index (χ1v) is 10.4. The summed E-state index contributed by atoms with van der Waals surface area (Å²) in [4.78, 5) is 13.7. The maximum absolute atomic E-state index is 10.5. The zero-order valence-electron chi connectivity index (χ0n) is 14.3. The van der Waals surface area contributed by atoms with Gasteiger partial charge >= 0.3 is 0 Å². The number of fused-ring (bicyclic) bond motifs is 1. The third-order valence-electron chi connectivity index (χ3n) is 4.37. The van der Waals surface area contributed by atoms with Crippen molar-refractivity contribution in [2.45, 2.75) is 23.0 Å². The molecule has 1 atom stereocenters. The van der Waals surface area contributed by atoms with E-state index in [-0.39, 0.29) is 5.95 Å². The Balaban J connectivity index is 1.83. The molecule has 3 heterocycles. The lowest BCUT2D eigenvalue weighted by atomic mass is 10.0. The van der Waals surface area contributed by atoms with Gasteiger partial charge in [0.25, 0.3) is 4.21 Å². The summed E-state index contributed by atoms with van der Waals surface area (Å²) in [6, 6.07) is 2.08. The van der Waals surface area contributed by atoms with Crippen LogP contribution in [0, 0.1) is 0 Å². The normalized spacial score (nSPS) is 15.5. The van der Waals surface area contributed by atoms with Crippen LogP contribution in [0.5, 0.6) is 0 Å². The highest BCUT2D eigenvalue weighted by atomic mass is 32.2. The monoisotopic (exact) mass is 390 g/mol. The predicted octanol–water partition coefficient (Wildman–Crippen LogP) is 2.89. The molecule has 4 rings (SSSR count). The van der Waals surface area contributed by atoms with Crippen molar-refractivity contribution in [3.63, 3.8) is 0 Å². The fourth-order valence-electron chi connectivity index (χ4n) is 2.89. The fraction of sp³-hybridized carbons (Fsp3) is 0.353. The van der Waals surface area contributed by atoms with Crippen molar-refractivity contribution < 1.29 is 9.29 Å². The Kier molecular flexibility index (Phi) is 4.70. The van der Waals surface area contributed by atoms with Crippen LogP contribution in [0.4, 0.5) is 11.6 Å². The molecule has 1 saturated carbocycles. The molecule has 26 heavy (non-hydrogen) atoms. The third kappa shape index (κ3) is 3.23. The van der Waals surface area contributed by atoms with Crippen LogP contribution >= 0.6 is 11.3 Å². The first-order valence-electron chi connectivity index (χ1n) is 8.28. The van der Waals surface area contributed by atoms with Crippen molar-refractivity contribution in [2.75, 3.05) is 30.9 Å². The molecule has 9 heteroatoms. The molecule has 0 aliphatic heterocycles. The van der Waals surface area contributed by atoms with E-state index in [1.54, 1.807) is 19.5 Å². The zero-order chi connectivity index (χ0) is 18.3. The average Bonchev–Trinajstić information content (AvgIpc) is 3.43. The summed E-state index contributed by atoms with van der Waals surface area (Å²) in [5.74, 6) is 1.27. The summed E-state index contributed by atoms with van der Waals surface area (Å²) < 4.78 is 16.4. The second-order valence-electron chi connectivity index (χ2n) is 6.25. The van der Waals surface area contributed by atoms with E-state index in [0.29, 0.717) is 24.0 Å². The van der Waals surface area contributed by atoms with Gasteiger partial charge < -0.3 is 16.2 Å². The summed E-state index contributed by atoms with van der Waals surface area (Å²) in [5.41, 5.74) is 15.5. The molecule has 0 aromatic carbocycles. The third-order valence-corrected chi connectivity index (χ3v) is 7.30. The molecule has 1 aliphatic rings. The molecule has 3 aromatic heterocycles. The standard InChI is InChI=1S/C17H20N5O2S2/c1-24-4-5-26(23)16-14(18)13-11(9-2-3-9)6-12(22-15(13)25-16)10-7-20-17(19)21-8-10/h6-9,23H,2-5,18H2,1H3,(H2,19,20,21)/q+1. The van der Waals surface area contributed by atoms with Crippen molar-refractivity contribution in [2.24, 2.45) is 0 Å². The van der Waals surface area contributed by atoms with Crippen molar-refractivity contribution in [3.8, 4) is 11.3 Å². The lowest BCUT2D eigenvalue weighted by Crippen LogP contribution is -2.11. The molecule has 0 saturated heterocycles. The molecule has 1 fully saturated rings. The van der Waals surface area contributed by atoms with Crippen molar-refractivity contribution in [3.05, 3.63) is 24.0 Å². The lowest BCUT2D eigenvalue weighted by Gasteiger charge is -2.06. The van der Waals surface area contributed by atoms with E-state index in [9.17, 15) is 4.55 Å². The molecule has 0 amide bonds. The number of rotatable bonds is 6. The molecule has 5 N–H and O–H groups in total. The Morgan fingerprint density at radius 3 is 2.69 bits per heavy atom. The second-order valence-corrected chi connectivity index (χ2v) is 9.05. The molecule has 1 unspecified atom stereocenters. The maximum Gasteiger partial charge on any atom is 0.269 e. The highest BCUT2D eigenvalue weighted by Crippen LogP contribution is 2.48. The summed E-state index contributed by atoms with van der Waals surface area (Å²) in [5, 5.41) is 0.983. The molecule has 0 radical (unpaired) electrons. The molecular weight excluding hydrogens is 370 g/mol. The molecule has 7 nitrogen and oxygen atoms in total. The first-order chi connectivity index (χ1) is 12.6. The van der Waals surface area contributed by atoms with Gasteiger partial charge in [-0.2, -0.15) is 4.55 Å². The lowest BCUT2D eigenvalue weighted by molar-refractivity contribution is 0.217. The molecule has 1 aliphatic carbocycles. The highest BCUT2D eigenvalue weighted by molar-refractivity contribution is 7.93. The van der Waals surface area contributed by atoms with Crippen LogP contribution in [-0.2, 0) is 15.9 Å². The molecule has 136 valence electrons. The van der Waals surface area contributed by atoms with Crippen molar-refractivity contribution in [1.82, 2.24) is 15.0 Å². The molecular formula is C17H20N5O2S2+. The van der Waals surface area contributed by atoms with Crippen LogP contribution in [0.15, 0.2) is 22.7 Å². The van der Waals surface area contributed by atoms with E-state index in [1.807, 2.05) is 0 Å². The summed E-state index contributed by atoms with van der Waals surface area (Å²) >= 11 is 0.513. The Bertz CT molecular complexity index is 940. The van der Waals surface area contributed by atoms with Crippen LogP contribution in [0.2, 0.25) is 0 Å². The first kappa shape index (κ1) is 17.5. The van der Waals surface area contributed by atoms with Gasteiger partial charge in [-0.1, -0.05) is 11.3 Å². The minimum absolute atomic E-state index is 0.238. The number of methoxy groups -OCH3 is 1. The van der Waals surface area contributed by atoms with Crippen molar-refractivity contribution >= 4 is 44.4 Å². The number of pyridine rings is 1. The largest absolute Gasteiger partial charge is 0.393 e. The van der Waals surface area contributed by atoms with E-state index < -0.39 is 11.2 Å². The van der Waals surface area contributed by atoms with E-state index >= 15 is 0 Å². The SMILES string of the molecule is COCC[S+](O)c1sc2nc(-c3cnc(N)nc3)cc(C3CC3)c2c1N. The highest BCUT2D eigenvalue weighted by Gasteiger charge is 2.33. The molecule has 0 spiro atoms. The average molecular weight is 391 g/mol. The minimum atomic E-state index is -0.946. The van der Waals surface area contributed by atoms with Crippen LogP contribution in [0.3, 0.4) is 0 Å². The van der Waals surface area contributed by atoms with Gasteiger partial charge in [-0.05, 0) is 30.4 Å². The number of nitrogen functional groups attached to an aromatic ring is 2. The van der Waals surface area contributed by atoms with Gasteiger partial charge in [0.05, 0.1) is 12.3 Å². The maximum atomic E-state index is 10.5. The van der Waals surface area contributed by atoms with Gasteiger partial charge in [-0.25, -0.2) is 15.0 Å². The summed E-state index contributed by atoms with van der Waals surface area (Å²) in [7, 11) is 1.62. The van der Waals surface area contributed by atoms with Crippen LogP contribution in [0.25, 0.3) is 21.5 Å². The quantitative estimate of drug-likeness (QED) is 0.553. The number of hydrogen-bond acceptors (Lipinski definition) is 8. The number of nitrogens with two attached hydrogens (primary N) is 2. The Labute approximate surface area is 158 Å². The number of aromatic nitrogens is 3. The molecule has 3 aromatic rings. The number of thiophene rings is 1. The van der Waals surface area contributed by atoms with E-state index in [4.69, 9.17) is 21.2 Å².